The minimum atomic E-state index is -0.157. The highest BCUT2D eigenvalue weighted by atomic mass is 32.1. The molecule has 0 amide bonds. The van der Waals surface area contributed by atoms with Gasteiger partial charge in [0.25, 0.3) is 5.56 Å². The molecule has 27 heavy (non-hydrogen) atoms. The SMILES string of the molecule is COc1ccc2ccccc2c1C=c1sc(=C(C#N)C#N)n(C2CC2)c1=O. The van der Waals surface area contributed by atoms with Gasteiger partial charge in [0.05, 0.1) is 11.6 Å². The van der Waals surface area contributed by atoms with Crippen LogP contribution in [0.1, 0.15) is 24.4 Å². The van der Waals surface area contributed by atoms with Crippen LogP contribution in [0.25, 0.3) is 22.4 Å². The van der Waals surface area contributed by atoms with E-state index >= 15 is 0 Å². The molecule has 132 valence electrons. The second kappa shape index (κ2) is 6.75. The Hall–Kier alpha value is -3.35. The minimum absolute atomic E-state index is 0.0199. The lowest BCUT2D eigenvalue weighted by molar-refractivity contribution is 0.414. The van der Waals surface area contributed by atoms with Crippen molar-refractivity contribution < 1.29 is 4.74 Å². The van der Waals surface area contributed by atoms with Crippen molar-refractivity contribution in [3.8, 4) is 17.9 Å². The lowest BCUT2D eigenvalue weighted by Gasteiger charge is -2.08. The Labute approximate surface area is 159 Å². The molecule has 2 aromatic carbocycles. The molecular weight excluding hydrogens is 358 g/mol. The number of methoxy groups -OCH3 is 1. The van der Waals surface area contributed by atoms with Gasteiger partial charge < -0.3 is 4.74 Å². The lowest BCUT2D eigenvalue weighted by Crippen LogP contribution is -2.31. The number of ether oxygens (including phenoxy) is 1. The Balaban J connectivity index is 2.09. The van der Waals surface area contributed by atoms with Crippen molar-refractivity contribution in [1.82, 2.24) is 4.57 Å². The highest BCUT2D eigenvalue weighted by Gasteiger charge is 2.27. The van der Waals surface area contributed by atoms with Crippen LogP contribution >= 0.6 is 11.3 Å². The molecule has 1 heterocycles. The van der Waals surface area contributed by atoms with E-state index in [1.807, 2.05) is 54.6 Å². The van der Waals surface area contributed by atoms with Gasteiger partial charge in [0.15, 0.2) is 5.57 Å². The summed E-state index contributed by atoms with van der Waals surface area (Å²) in [6.07, 6.45) is 3.60. The number of nitriles is 2. The summed E-state index contributed by atoms with van der Waals surface area (Å²) in [6.45, 7) is 0. The average Bonchev–Trinajstić information content (AvgIpc) is 3.48. The first-order valence-electron chi connectivity index (χ1n) is 8.51. The molecular formula is C21H15N3O2S. The minimum Gasteiger partial charge on any atom is -0.496 e. The van der Waals surface area contributed by atoms with E-state index in [1.165, 1.54) is 11.3 Å². The van der Waals surface area contributed by atoms with Crippen molar-refractivity contribution in [3.63, 3.8) is 0 Å². The molecule has 0 radical (unpaired) electrons. The number of benzene rings is 2. The standard InChI is InChI=1S/C21H15N3O2S/c1-26-18-9-6-13-4-2-3-5-16(13)17(18)10-19-20(25)24(15-7-8-15)21(27-19)14(11-22)12-23/h2-6,9-10,15H,7-8H2,1H3. The number of fused-ring (bicyclic) bond motifs is 1. The van der Waals surface area contributed by atoms with Crippen molar-refractivity contribution >= 4 is 33.8 Å². The molecule has 3 aromatic rings. The predicted octanol–water partition coefficient (Wildman–Crippen LogP) is 2.43. The van der Waals surface area contributed by atoms with Gasteiger partial charge in [-0.1, -0.05) is 30.3 Å². The maximum atomic E-state index is 13.0. The van der Waals surface area contributed by atoms with Gasteiger partial charge in [-0.25, -0.2) is 0 Å². The molecule has 1 fully saturated rings. The summed E-state index contributed by atoms with van der Waals surface area (Å²) < 4.78 is 8.05. The van der Waals surface area contributed by atoms with Crippen LogP contribution in [0.15, 0.2) is 41.2 Å². The number of thiazole rings is 1. The Bertz CT molecular complexity index is 1300. The first-order valence-corrected chi connectivity index (χ1v) is 9.33. The van der Waals surface area contributed by atoms with E-state index in [4.69, 9.17) is 4.74 Å². The summed E-state index contributed by atoms with van der Waals surface area (Å²) in [5.74, 6) is 0.672. The molecule has 0 spiro atoms. The van der Waals surface area contributed by atoms with Crippen molar-refractivity contribution in [2.75, 3.05) is 7.11 Å². The number of hydrogen-bond acceptors (Lipinski definition) is 5. The predicted molar refractivity (Wildman–Crippen MR) is 105 cm³/mol. The monoisotopic (exact) mass is 373 g/mol. The van der Waals surface area contributed by atoms with Gasteiger partial charge in [0.1, 0.15) is 22.6 Å². The highest BCUT2D eigenvalue weighted by Crippen LogP contribution is 2.32. The number of nitrogens with zero attached hydrogens (tertiary/aromatic N) is 3. The summed E-state index contributed by atoms with van der Waals surface area (Å²) in [4.78, 5) is 13.0. The van der Waals surface area contributed by atoms with Crippen molar-refractivity contribution in [2.24, 2.45) is 0 Å². The van der Waals surface area contributed by atoms with Crippen LogP contribution in [-0.4, -0.2) is 11.7 Å². The fourth-order valence-electron chi connectivity index (χ4n) is 3.19. The van der Waals surface area contributed by atoms with Gasteiger partial charge in [0.2, 0.25) is 0 Å². The smallest absolute Gasteiger partial charge is 0.269 e. The average molecular weight is 373 g/mol. The third-order valence-electron chi connectivity index (χ3n) is 4.63. The number of rotatable bonds is 3. The summed E-state index contributed by atoms with van der Waals surface area (Å²) in [7, 11) is 1.60. The summed E-state index contributed by atoms with van der Waals surface area (Å²) in [6, 6.07) is 15.7. The molecule has 0 N–H and O–H groups in total. The quantitative estimate of drug-likeness (QED) is 0.706. The fourth-order valence-corrected chi connectivity index (χ4v) is 4.28. The topological polar surface area (TPSA) is 78.8 Å². The molecule has 1 aliphatic carbocycles. The molecule has 0 atom stereocenters. The maximum absolute atomic E-state index is 13.0. The zero-order chi connectivity index (χ0) is 19.0. The molecule has 5 nitrogen and oxygen atoms in total. The van der Waals surface area contributed by atoms with Crippen LogP contribution in [0, 0.1) is 22.7 Å². The van der Waals surface area contributed by atoms with E-state index in [-0.39, 0.29) is 17.2 Å². The summed E-state index contributed by atoms with van der Waals surface area (Å²) >= 11 is 1.19. The van der Waals surface area contributed by atoms with Gasteiger partial charge >= 0.3 is 0 Å². The molecule has 1 aromatic heterocycles. The van der Waals surface area contributed by atoms with Crippen LogP contribution in [0.4, 0.5) is 0 Å². The molecule has 1 saturated carbocycles. The van der Waals surface area contributed by atoms with Gasteiger partial charge in [-0.2, -0.15) is 10.5 Å². The largest absolute Gasteiger partial charge is 0.496 e. The molecule has 1 aliphatic rings. The lowest BCUT2D eigenvalue weighted by atomic mass is 10.0. The Morgan fingerprint density at radius 3 is 2.63 bits per heavy atom. The molecule has 6 heteroatoms. The third kappa shape index (κ3) is 2.91. The highest BCUT2D eigenvalue weighted by molar-refractivity contribution is 7.07. The maximum Gasteiger partial charge on any atom is 0.269 e. The molecule has 0 aliphatic heterocycles. The fraction of sp³-hybridized carbons (Fsp3) is 0.190. The van der Waals surface area contributed by atoms with E-state index in [2.05, 4.69) is 0 Å². The molecule has 0 saturated heterocycles. The normalized spacial score (nSPS) is 14.0. The first kappa shape index (κ1) is 17.1. The van der Waals surface area contributed by atoms with Crippen molar-refractivity contribution in [2.45, 2.75) is 18.9 Å². The second-order valence-corrected chi connectivity index (χ2v) is 7.35. The molecule has 0 bridgehead atoms. The van der Waals surface area contributed by atoms with Gasteiger partial charge in [0, 0.05) is 11.6 Å². The van der Waals surface area contributed by atoms with Crippen molar-refractivity contribution in [1.29, 1.82) is 10.5 Å². The van der Waals surface area contributed by atoms with Crippen LogP contribution in [0.3, 0.4) is 0 Å². The zero-order valence-corrected chi connectivity index (χ0v) is 15.4. The number of hydrogen-bond donors (Lipinski definition) is 0. The van der Waals surface area contributed by atoms with Crippen LogP contribution in [0.2, 0.25) is 0 Å². The summed E-state index contributed by atoms with van der Waals surface area (Å²) in [5, 5.41) is 20.6. The van der Waals surface area contributed by atoms with Gasteiger partial charge in [-0.3, -0.25) is 9.36 Å². The first-order chi connectivity index (χ1) is 13.2. The van der Waals surface area contributed by atoms with E-state index in [1.54, 1.807) is 11.7 Å². The summed E-state index contributed by atoms with van der Waals surface area (Å²) in [5.41, 5.74) is 0.642. The van der Waals surface area contributed by atoms with Crippen LogP contribution in [0.5, 0.6) is 5.75 Å². The second-order valence-electron chi connectivity index (χ2n) is 6.32. The van der Waals surface area contributed by atoms with Gasteiger partial charge in [-0.05, 0) is 35.8 Å². The van der Waals surface area contributed by atoms with Gasteiger partial charge in [-0.15, -0.1) is 11.3 Å². The number of aromatic nitrogens is 1. The van der Waals surface area contributed by atoms with E-state index in [0.29, 0.717) is 14.9 Å². The van der Waals surface area contributed by atoms with E-state index in [0.717, 1.165) is 29.2 Å². The third-order valence-corrected chi connectivity index (χ3v) is 5.74. The Morgan fingerprint density at radius 2 is 1.96 bits per heavy atom. The molecule has 0 unspecified atom stereocenters. The zero-order valence-electron chi connectivity index (χ0n) is 14.6. The van der Waals surface area contributed by atoms with Crippen molar-refractivity contribution in [3.05, 3.63) is 61.5 Å². The van der Waals surface area contributed by atoms with Crippen LogP contribution < -0.4 is 19.5 Å². The van der Waals surface area contributed by atoms with E-state index < -0.39 is 0 Å². The van der Waals surface area contributed by atoms with E-state index in [9.17, 15) is 15.3 Å². The Kier molecular flexibility index (Phi) is 4.27. The molecule has 4 rings (SSSR count). The Morgan fingerprint density at radius 1 is 1.22 bits per heavy atom. The van der Waals surface area contributed by atoms with Crippen LogP contribution in [-0.2, 0) is 0 Å².